The molecule has 4 heteroatoms. The second kappa shape index (κ2) is 5.59. The first-order chi connectivity index (χ1) is 8.63. The number of hydrogen-bond acceptors (Lipinski definition) is 4. The van der Waals surface area contributed by atoms with Gasteiger partial charge in [-0.25, -0.2) is 0 Å². The van der Waals surface area contributed by atoms with Crippen molar-refractivity contribution in [1.29, 1.82) is 0 Å². The summed E-state index contributed by atoms with van der Waals surface area (Å²) in [6.07, 6.45) is 2.08. The Morgan fingerprint density at radius 2 is 2.11 bits per heavy atom. The minimum absolute atomic E-state index is 0.147. The SMILES string of the molecule is COc1ccc(N)c(CNC2(C)CCOCC2)c1. The highest BCUT2D eigenvalue weighted by molar-refractivity contribution is 5.50. The lowest BCUT2D eigenvalue weighted by Crippen LogP contribution is -2.46. The zero-order chi connectivity index (χ0) is 13.0. The van der Waals surface area contributed by atoms with Crippen molar-refractivity contribution < 1.29 is 9.47 Å². The van der Waals surface area contributed by atoms with Gasteiger partial charge in [0.25, 0.3) is 0 Å². The molecule has 0 bridgehead atoms. The Morgan fingerprint density at radius 1 is 1.39 bits per heavy atom. The van der Waals surface area contributed by atoms with E-state index in [1.807, 2.05) is 18.2 Å². The second-order valence-electron chi connectivity index (χ2n) is 5.09. The molecule has 0 radical (unpaired) electrons. The van der Waals surface area contributed by atoms with Crippen LogP contribution in [0, 0.1) is 0 Å². The minimum atomic E-state index is 0.147. The predicted molar refractivity (Wildman–Crippen MR) is 72.7 cm³/mol. The summed E-state index contributed by atoms with van der Waals surface area (Å²) >= 11 is 0. The molecular formula is C14H22N2O2. The highest BCUT2D eigenvalue weighted by Crippen LogP contribution is 2.23. The van der Waals surface area contributed by atoms with Gasteiger partial charge in [0.1, 0.15) is 5.75 Å². The van der Waals surface area contributed by atoms with Crippen LogP contribution < -0.4 is 15.8 Å². The number of nitrogens with two attached hydrogens (primary N) is 1. The van der Waals surface area contributed by atoms with Gasteiger partial charge in [-0.3, -0.25) is 0 Å². The molecule has 0 unspecified atom stereocenters. The first-order valence-electron chi connectivity index (χ1n) is 6.38. The third-order valence-electron chi connectivity index (χ3n) is 3.65. The molecule has 0 atom stereocenters. The average molecular weight is 250 g/mol. The first kappa shape index (κ1) is 13.2. The Kier molecular flexibility index (Phi) is 4.09. The van der Waals surface area contributed by atoms with E-state index in [2.05, 4.69) is 12.2 Å². The maximum Gasteiger partial charge on any atom is 0.119 e. The predicted octanol–water partition coefficient (Wildman–Crippen LogP) is 1.94. The maximum atomic E-state index is 5.98. The van der Waals surface area contributed by atoms with E-state index >= 15 is 0 Å². The van der Waals surface area contributed by atoms with Crippen molar-refractivity contribution in [2.75, 3.05) is 26.1 Å². The molecule has 1 aliphatic rings. The quantitative estimate of drug-likeness (QED) is 0.802. The standard InChI is InChI=1S/C14H22N2O2/c1-14(5-7-18-8-6-14)16-10-11-9-12(17-2)3-4-13(11)15/h3-4,9,16H,5-8,10,15H2,1-2H3. The zero-order valence-corrected chi connectivity index (χ0v) is 11.2. The first-order valence-corrected chi connectivity index (χ1v) is 6.38. The van der Waals surface area contributed by atoms with E-state index in [0.717, 1.165) is 49.6 Å². The van der Waals surface area contributed by atoms with E-state index in [1.165, 1.54) is 0 Å². The van der Waals surface area contributed by atoms with Crippen molar-refractivity contribution in [2.45, 2.75) is 31.8 Å². The fourth-order valence-electron chi connectivity index (χ4n) is 2.17. The van der Waals surface area contributed by atoms with Gasteiger partial charge in [0.05, 0.1) is 7.11 Å². The molecule has 0 aromatic heterocycles. The van der Waals surface area contributed by atoms with Gasteiger partial charge in [0.2, 0.25) is 0 Å². The van der Waals surface area contributed by atoms with E-state index in [4.69, 9.17) is 15.2 Å². The number of rotatable bonds is 4. The molecule has 1 fully saturated rings. The Hall–Kier alpha value is -1.26. The van der Waals surface area contributed by atoms with Crippen LogP contribution in [0.15, 0.2) is 18.2 Å². The van der Waals surface area contributed by atoms with Crippen LogP contribution >= 0.6 is 0 Å². The lowest BCUT2D eigenvalue weighted by molar-refractivity contribution is 0.0446. The van der Waals surface area contributed by atoms with Gasteiger partial charge in [-0.1, -0.05) is 0 Å². The topological polar surface area (TPSA) is 56.5 Å². The van der Waals surface area contributed by atoms with Crippen molar-refractivity contribution in [1.82, 2.24) is 5.32 Å². The number of anilines is 1. The van der Waals surface area contributed by atoms with Crippen LogP contribution in [-0.4, -0.2) is 25.9 Å². The molecular weight excluding hydrogens is 228 g/mol. The molecule has 1 aliphatic heterocycles. The van der Waals surface area contributed by atoms with Gasteiger partial charge in [0, 0.05) is 31.0 Å². The molecule has 1 saturated heterocycles. The van der Waals surface area contributed by atoms with Crippen LogP contribution in [-0.2, 0) is 11.3 Å². The van der Waals surface area contributed by atoms with E-state index in [0.29, 0.717) is 0 Å². The van der Waals surface area contributed by atoms with Crippen molar-refractivity contribution >= 4 is 5.69 Å². The van der Waals surface area contributed by atoms with Gasteiger partial charge in [0.15, 0.2) is 0 Å². The number of nitrogen functional groups attached to an aromatic ring is 1. The van der Waals surface area contributed by atoms with Crippen LogP contribution in [0.5, 0.6) is 5.75 Å². The highest BCUT2D eigenvalue weighted by atomic mass is 16.5. The average Bonchev–Trinajstić information content (AvgIpc) is 2.39. The molecule has 1 aromatic rings. The van der Waals surface area contributed by atoms with Gasteiger partial charge in [-0.2, -0.15) is 0 Å². The Labute approximate surface area is 108 Å². The summed E-state index contributed by atoms with van der Waals surface area (Å²) in [6.45, 7) is 4.67. The van der Waals surface area contributed by atoms with Gasteiger partial charge in [-0.15, -0.1) is 0 Å². The molecule has 4 nitrogen and oxygen atoms in total. The highest BCUT2D eigenvalue weighted by Gasteiger charge is 2.26. The van der Waals surface area contributed by atoms with E-state index < -0.39 is 0 Å². The molecule has 100 valence electrons. The molecule has 18 heavy (non-hydrogen) atoms. The summed E-state index contributed by atoms with van der Waals surface area (Å²) in [7, 11) is 1.67. The normalized spacial score (nSPS) is 18.6. The number of ether oxygens (including phenoxy) is 2. The van der Waals surface area contributed by atoms with Crippen LogP contribution in [0.2, 0.25) is 0 Å². The van der Waals surface area contributed by atoms with E-state index in [1.54, 1.807) is 7.11 Å². The van der Waals surface area contributed by atoms with Gasteiger partial charge < -0.3 is 20.5 Å². The Bertz CT molecular complexity index is 401. The lowest BCUT2D eigenvalue weighted by Gasteiger charge is -2.34. The maximum absolute atomic E-state index is 5.98. The molecule has 1 heterocycles. The van der Waals surface area contributed by atoms with Crippen LogP contribution in [0.4, 0.5) is 5.69 Å². The molecule has 3 N–H and O–H groups in total. The number of methoxy groups -OCH3 is 1. The van der Waals surface area contributed by atoms with Crippen molar-refractivity contribution in [3.8, 4) is 5.75 Å². The number of hydrogen-bond donors (Lipinski definition) is 2. The lowest BCUT2D eigenvalue weighted by atomic mass is 9.92. The molecule has 0 amide bonds. The summed E-state index contributed by atoms with van der Waals surface area (Å²) < 4.78 is 10.6. The second-order valence-corrected chi connectivity index (χ2v) is 5.09. The summed E-state index contributed by atoms with van der Waals surface area (Å²) in [6, 6.07) is 5.77. The van der Waals surface area contributed by atoms with E-state index in [-0.39, 0.29) is 5.54 Å². The summed E-state index contributed by atoms with van der Waals surface area (Å²) in [4.78, 5) is 0. The summed E-state index contributed by atoms with van der Waals surface area (Å²) in [5, 5.41) is 3.59. The fourth-order valence-corrected chi connectivity index (χ4v) is 2.17. The van der Waals surface area contributed by atoms with Crippen LogP contribution in [0.3, 0.4) is 0 Å². The van der Waals surface area contributed by atoms with Crippen molar-refractivity contribution in [2.24, 2.45) is 0 Å². The Morgan fingerprint density at radius 3 is 2.78 bits per heavy atom. The molecule has 0 spiro atoms. The fraction of sp³-hybridized carbons (Fsp3) is 0.571. The van der Waals surface area contributed by atoms with Gasteiger partial charge >= 0.3 is 0 Å². The molecule has 0 saturated carbocycles. The zero-order valence-electron chi connectivity index (χ0n) is 11.2. The van der Waals surface area contributed by atoms with Crippen molar-refractivity contribution in [3.05, 3.63) is 23.8 Å². The largest absolute Gasteiger partial charge is 0.497 e. The van der Waals surface area contributed by atoms with E-state index in [9.17, 15) is 0 Å². The third kappa shape index (κ3) is 3.15. The van der Waals surface area contributed by atoms with Gasteiger partial charge in [-0.05, 0) is 43.5 Å². The molecule has 2 rings (SSSR count). The third-order valence-corrected chi connectivity index (χ3v) is 3.65. The van der Waals surface area contributed by atoms with Crippen molar-refractivity contribution in [3.63, 3.8) is 0 Å². The van der Waals surface area contributed by atoms with Crippen LogP contribution in [0.1, 0.15) is 25.3 Å². The number of benzene rings is 1. The summed E-state index contributed by atoms with van der Waals surface area (Å²) in [5.74, 6) is 0.845. The minimum Gasteiger partial charge on any atom is -0.497 e. The number of nitrogens with one attached hydrogen (secondary N) is 1. The molecule has 0 aliphatic carbocycles. The smallest absolute Gasteiger partial charge is 0.119 e. The summed E-state index contributed by atoms with van der Waals surface area (Å²) in [5.41, 5.74) is 8.02. The monoisotopic (exact) mass is 250 g/mol. The van der Waals surface area contributed by atoms with Crippen LogP contribution in [0.25, 0.3) is 0 Å². The molecule has 1 aromatic carbocycles. The Balaban J connectivity index is 2.00.